The van der Waals surface area contributed by atoms with Crippen molar-refractivity contribution in [1.29, 1.82) is 0 Å². The number of methoxy groups -OCH3 is 2. The third-order valence-corrected chi connectivity index (χ3v) is 2.67. The molecular formula is C14H18O4. The van der Waals surface area contributed by atoms with E-state index in [0.717, 1.165) is 17.1 Å². The van der Waals surface area contributed by atoms with E-state index in [1.165, 1.54) is 0 Å². The van der Waals surface area contributed by atoms with Gasteiger partial charge in [0.05, 0.1) is 12.7 Å². The van der Waals surface area contributed by atoms with Crippen molar-refractivity contribution >= 4 is 6.08 Å². The Morgan fingerprint density at radius 1 is 1.22 bits per heavy atom. The molecule has 1 aliphatic rings. The van der Waals surface area contributed by atoms with Gasteiger partial charge in [-0.15, -0.1) is 0 Å². The van der Waals surface area contributed by atoms with Gasteiger partial charge in [0.15, 0.2) is 6.79 Å². The fourth-order valence-corrected chi connectivity index (χ4v) is 1.81. The highest BCUT2D eigenvalue weighted by molar-refractivity contribution is 5.69. The summed E-state index contributed by atoms with van der Waals surface area (Å²) in [5.41, 5.74) is 0.610. The molecule has 0 spiro atoms. The van der Waals surface area contributed by atoms with Gasteiger partial charge in [0.1, 0.15) is 22.8 Å². The quantitative estimate of drug-likeness (QED) is 0.770. The molecule has 0 saturated carbocycles. The summed E-state index contributed by atoms with van der Waals surface area (Å²) in [6, 6.07) is 3.67. The molecule has 0 unspecified atom stereocenters. The minimum Gasteiger partial charge on any atom is -0.496 e. The van der Waals surface area contributed by atoms with Gasteiger partial charge in [0.2, 0.25) is 0 Å². The third-order valence-electron chi connectivity index (χ3n) is 2.67. The van der Waals surface area contributed by atoms with Crippen molar-refractivity contribution < 1.29 is 18.9 Å². The highest BCUT2D eigenvalue weighted by atomic mass is 16.7. The van der Waals surface area contributed by atoms with Gasteiger partial charge >= 0.3 is 0 Å². The molecule has 98 valence electrons. The zero-order valence-electron chi connectivity index (χ0n) is 11.1. The Hall–Kier alpha value is -1.68. The number of benzene rings is 1. The van der Waals surface area contributed by atoms with Crippen molar-refractivity contribution in [2.75, 3.05) is 21.0 Å². The van der Waals surface area contributed by atoms with E-state index in [1.54, 1.807) is 14.2 Å². The molecule has 0 bridgehead atoms. The highest BCUT2D eigenvalue weighted by Crippen LogP contribution is 2.40. The molecule has 4 heteroatoms. The average molecular weight is 250 g/mol. The van der Waals surface area contributed by atoms with Gasteiger partial charge in [-0.1, -0.05) is 0 Å². The number of rotatable bonds is 4. The van der Waals surface area contributed by atoms with E-state index in [-0.39, 0.29) is 12.4 Å². The smallest absolute Gasteiger partial charge is 0.188 e. The summed E-state index contributed by atoms with van der Waals surface area (Å²) in [7, 11) is 3.21. The topological polar surface area (TPSA) is 36.9 Å². The van der Waals surface area contributed by atoms with Crippen LogP contribution in [0.3, 0.4) is 0 Å². The Labute approximate surface area is 107 Å². The van der Waals surface area contributed by atoms with Crippen LogP contribution in [0.15, 0.2) is 18.2 Å². The van der Waals surface area contributed by atoms with Crippen LogP contribution in [-0.2, 0) is 4.74 Å². The Morgan fingerprint density at radius 2 is 2.00 bits per heavy atom. The number of ether oxygens (including phenoxy) is 4. The van der Waals surface area contributed by atoms with E-state index in [1.807, 2.05) is 38.1 Å². The monoisotopic (exact) mass is 250 g/mol. The van der Waals surface area contributed by atoms with E-state index in [0.29, 0.717) is 5.75 Å². The molecule has 0 radical (unpaired) electrons. The summed E-state index contributed by atoms with van der Waals surface area (Å²) in [5.74, 6) is 2.15. The lowest BCUT2D eigenvalue weighted by Gasteiger charge is -2.28. The van der Waals surface area contributed by atoms with Gasteiger partial charge in [-0.05, 0) is 26.0 Å². The second-order valence-electron chi connectivity index (χ2n) is 4.63. The summed E-state index contributed by atoms with van der Waals surface area (Å²) in [5, 5.41) is 0. The van der Waals surface area contributed by atoms with E-state index in [4.69, 9.17) is 18.9 Å². The lowest BCUT2D eigenvalue weighted by atomic mass is 10.0. The maximum absolute atomic E-state index is 5.89. The first-order valence-corrected chi connectivity index (χ1v) is 5.78. The van der Waals surface area contributed by atoms with Crippen LogP contribution in [0.2, 0.25) is 0 Å². The Kier molecular flexibility index (Phi) is 3.48. The van der Waals surface area contributed by atoms with Gasteiger partial charge in [0.25, 0.3) is 0 Å². The first-order chi connectivity index (χ1) is 8.55. The Morgan fingerprint density at radius 3 is 2.67 bits per heavy atom. The van der Waals surface area contributed by atoms with Gasteiger partial charge in [0, 0.05) is 19.2 Å². The maximum atomic E-state index is 5.89. The summed E-state index contributed by atoms with van der Waals surface area (Å²) >= 11 is 0. The van der Waals surface area contributed by atoms with E-state index < -0.39 is 0 Å². The van der Waals surface area contributed by atoms with E-state index in [2.05, 4.69) is 0 Å². The predicted molar refractivity (Wildman–Crippen MR) is 69.2 cm³/mol. The summed E-state index contributed by atoms with van der Waals surface area (Å²) < 4.78 is 21.6. The Balaban J connectivity index is 2.38. The van der Waals surface area contributed by atoms with Crippen LogP contribution in [-0.4, -0.2) is 26.6 Å². The highest BCUT2D eigenvalue weighted by Gasteiger charge is 2.24. The molecule has 1 aromatic carbocycles. The molecule has 0 aliphatic carbocycles. The van der Waals surface area contributed by atoms with Gasteiger partial charge in [-0.3, -0.25) is 0 Å². The number of hydrogen-bond acceptors (Lipinski definition) is 4. The number of fused-ring (bicyclic) bond motifs is 1. The fourth-order valence-electron chi connectivity index (χ4n) is 1.81. The molecule has 1 aliphatic heterocycles. The molecule has 0 atom stereocenters. The predicted octanol–water partition coefficient (Wildman–Crippen LogP) is 2.86. The van der Waals surface area contributed by atoms with Crippen LogP contribution in [0.25, 0.3) is 6.08 Å². The van der Waals surface area contributed by atoms with Crippen molar-refractivity contribution in [2.24, 2.45) is 0 Å². The molecule has 18 heavy (non-hydrogen) atoms. The van der Waals surface area contributed by atoms with Gasteiger partial charge in [-0.2, -0.15) is 0 Å². The summed E-state index contributed by atoms with van der Waals surface area (Å²) in [6.07, 6.45) is 4.02. The molecule has 0 saturated heterocycles. The van der Waals surface area contributed by atoms with E-state index in [9.17, 15) is 0 Å². The van der Waals surface area contributed by atoms with Gasteiger partial charge in [-0.25, -0.2) is 0 Å². The molecule has 1 heterocycles. The molecule has 4 nitrogen and oxygen atoms in total. The zero-order chi connectivity index (χ0) is 13.2. The molecule has 0 amide bonds. The number of hydrogen-bond donors (Lipinski definition) is 0. The van der Waals surface area contributed by atoms with Gasteiger partial charge < -0.3 is 18.9 Å². The standard InChI is InChI=1S/C14H18O4/c1-14(2)6-5-11-12(16-4)7-10(17-9-15-3)8-13(11)18-14/h5-8H,9H2,1-4H3. The second kappa shape index (κ2) is 4.90. The second-order valence-corrected chi connectivity index (χ2v) is 4.63. The molecule has 1 aromatic rings. The molecule has 0 fully saturated rings. The molecule has 0 aromatic heterocycles. The molecule has 2 rings (SSSR count). The van der Waals surface area contributed by atoms with Crippen LogP contribution >= 0.6 is 0 Å². The van der Waals surface area contributed by atoms with E-state index >= 15 is 0 Å². The molecular weight excluding hydrogens is 232 g/mol. The third kappa shape index (κ3) is 2.59. The van der Waals surface area contributed by atoms with Crippen LogP contribution in [0, 0.1) is 0 Å². The lowest BCUT2D eigenvalue weighted by molar-refractivity contribution is 0.0505. The van der Waals surface area contributed by atoms with Crippen LogP contribution in [0.4, 0.5) is 0 Å². The van der Waals surface area contributed by atoms with Crippen molar-refractivity contribution in [3.63, 3.8) is 0 Å². The minimum atomic E-state index is -0.322. The van der Waals surface area contributed by atoms with Crippen molar-refractivity contribution in [2.45, 2.75) is 19.4 Å². The van der Waals surface area contributed by atoms with Crippen molar-refractivity contribution in [1.82, 2.24) is 0 Å². The lowest BCUT2D eigenvalue weighted by Crippen LogP contribution is -2.27. The van der Waals surface area contributed by atoms with Crippen molar-refractivity contribution in [3.8, 4) is 17.2 Å². The SMILES string of the molecule is COCOc1cc(OC)c2c(c1)OC(C)(C)C=C2. The minimum absolute atomic E-state index is 0.196. The average Bonchev–Trinajstić information content (AvgIpc) is 2.33. The first kappa shape index (κ1) is 12.8. The fraction of sp³-hybridized carbons (Fsp3) is 0.429. The van der Waals surface area contributed by atoms with Crippen LogP contribution in [0.1, 0.15) is 19.4 Å². The van der Waals surface area contributed by atoms with Crippen molar-refractivity contribution in [3.05, 3.63) is 23.8 Å². The zero-order valence-corrected chi connectivity index (χ0v) is 11.1. The van der Waals surface area contributed by atoms with Crippen LogP contribution < -0.4 is 14.2 Å². The maximum Gasteiger partial charge on any atom is 0.188 e. The normalized spacial score (nSPS) is 15.8. The largest absolute Gasteiger partial charge is 0.496 e. The molecule has 0 N–H and O–H groups in total. The first-order valence-electron chi connectivity index (χ1n) is 5.78. The summed E-state index contributed by atoms with van der Waals surface area (Å²) in [6.45, 7) is 4.20. The van der Waals surface area contributed by atoms with Crippen LogP contribution in [0.5, 0.6) is 17.2 Å². The summed E-state index contributed by atoms with van der Waals surface area (Å²) in [4.78, 5) is 0. The Bertz CT molecular complexity index is 463.